The second-order valence-corrected chi connectivity index (χ2v) is 4.16. The van der Waals surface area contributed by atoms with E-state index in [1.165, 1.54) is 0 Å². The lowest BCUT2D eigenvalue weighted by Crippen LogP contribution is -2.31. The van der Waals surface area contributed by atoms with Crippen molar-refractivity contribution in [2.75, 3.05) is 27.9 Å². The molecule has 0 aliphatic carbocycles. The van der Waals surface area contributed by atoms with Gasteiger partial charge in [-0.05, 0) is 12.5 Å². The first-order valence-electron chi connectivity index (χ1n) is 6.33. The van der Waals surface area contributed by atoms with Crippen molar-refractivity contribution in [3.63, 3.8) is 0 Å². The Morgan fingerprint density at radius 2 is 1.79 bits per heavy atom. The Morgan fingerprint density at radius 1 is 1.11 bits per heavy atom. The average Bonchev–Trinajstić information content (AvgIpc) is 2.47. The van der Waals surface area contributed by atoms with Crippen LogP contribution in [0.5, 0.6) is 17.2 Å². The van der Waals surface area contributed by atoms with Crippen molar-refractivity contribution in [2.45, 2.75) is 25.9 Å². The molecule has 0 fully saturated rings. The molecule has 2 N–H and O–H groups in total. The van der Waals surface area contributed by atoms with E-state index in [9.17, 15) is 5.11 Å². The van der Waals surface area contributed by atoms with Crippen LogP contribution < -0.4 is 19.5 Å². The van der Waals surface area contributed by atoms with E-state index in [2.05, 4.69) is 5.32 Å². The molecule has 0 spiro atoms. The largest absolute Gasteiger partial charge is 0.493 e. The standard InChI is InChI=1S/C14H23NO4/c1-5-11(9-16)15-8-10-6-7-12(17-2)14(19-4)13(10)18-3/h6-7,11,15-16H,5,8-9H2,1-4H3/t11-/m1/s1. The van der Waals surface area contributed by atoms with Crippen molar-refractivity contribution in [1.29, 1.82) is 0 Å². The van der Waals surface area contributed by atoms with Gasteiger partial charge >= 0.3 is 0 Å². The Labute approximate surface area is 114 Å². The number of rotatable bonds is 8. The normalized spacial score (nSPS) is 12.1. The molecule has 0 aromatic heterocycles. The molecule has 19 heavy (non-hydrogen) atoms. The molecule has 0 unspecified atom stereocenters. The number of aliphatic hydroxyl groups is 1. The summed E-state index contributed by atoms with van der Waals surface area (Å²) in [5.74, 6) is 1.88. The number of aliphatic hydroxyl groups excluding tert-OH is 1. The van der Waals surface area contributed by atoms with Gasteiger partial charge in [0.05, 0.1) is 27.9 Å². The smallest absolute Gasteiger partial charge is 0.203 e. The highest BCUT2D eigenvalue weighted by Gasteiger charge is 2.16. The van der Waals surface area contributed by atoms with Crippen molar-refractivity contribution in [1.82, 2.24) is 5.32 Å². The molecule has 0 saturated carbocycles. The van der Waals surface area contributed by atoms with Crippen LogP contribution in [0.3, 0.4) is 0 Å². The summed E-state index contributed by atoms with van der Waals surface area (Å²) in [5, 5.41) is 12.4. The summed E-state index contributed by atoms with van der Waals surface area (Å²) in [6, 6.07) is 3.85. The molecule has 0 aliphatic heterocycles. The van der Waals surface area contributed by atoms with E-state index in [0.717, 1.165) is 12.0 Å². The van der Waals surface area contributed by atoms with Crippen molar-refractivity contribution in [3.05, 3.63) is 17.7 Å². The summed E-state index contributed by atoms with van der Waals surface area (Å²) < 4.78 is 16.0. The van der Waals surface area contributed by atoms with Gasteiger partial charge in [0, 0.05) is 18.2 Å². The Balaban J connectivity index is 2.94. The summed E-state index contributed by atoms with van der Waals surface area (Å²) in [6.45, 7) is 2.74. The van der Waals surface area contributed by atoms with E-state index >= 15 is 0 Å². The summed E-state index contributed by atoms with van der Waals surface area (Å²) in [6.07, 6.45) is 0.867. The van der Waals surface area contributed by atoms with E-state index in [1.807, 2.05) is 19.1 Å². The van der Waals surface area contributed by atoms with E-state index in [-0.39, 0.29) is 12.6 Å². The molecule has 0 amide bonds. The van der Waals surface area contributed by atoms with Crippen molar-refractivity contribution >= 4 is 0 Å². The van der Waals surface area contributed by atoms with Crippen LogP contribution in [0, 0.1) is 0 Å². The van der Waals surface area contributed by atoms with E-state index in [1.54, 1.807) is 21.3 Å². The predicted octanol–water partition coefficient (Wildman–Crippen LogP) is 1.57. The first-order chi connectivity index (χ1) is 9.21. The fraction of sp³-hybridized carbons (Fsp3) is 0.571. The highest BCUT2D eigenvalue weighted by Crippen LogP contribution is 2.39. The Bertz CT molecular complexity index is 391. The second kappa shape index (κ2) is 7.86. The van der Waals surface area contributed by atoms with Crippen LogP contribution in [0.25, 0.3) is 0 Å². The average molecular weight is 269 g/mol. The molecule has 1 atom stereocenters. The predicted molar refractivity (Wildman–Crippen MR) is 74.1 cm³/mol. The minimum atomic E-state index is 0.0813. The third kappa shape index (κ3) is 3.75. The molecular formula is C14H23NO4. The fourth-order valence-corrected chi connectivity index (χ4v) is 1.89. The number of hydrogen-bond acceptors (Lipinski definition) is 5. The zero-order valence-corrected chi connectivity index (χ0v) is 12.0. The lowest BCUT2D eigenvalue weighted by atomic mass is 10.1. The van der Waals surface area contributed by atoms with Gasteiger partial charge in [0.2, 0.25) is 5.75 Å². The topological polar surface area (TPSA) is 60.0 Å². The Hall–Kier alpha value is -1.46. The molecule has 0 saturated heterocycles. The van der Waals surface area contributed by atoms with Gasteiger partial charge in [-0.15, -0.1) is 0 Å². The van der Waals surface area contributed by atoms with Crippen molar-refractivity contribution in [3.8, 4) is 17.2 Å². The lowest BCUT2D eigenvalue weighted by Gasteiger charge is -2.18. The third-order valence-corrected chi connectivity index (χ3v) is 3.08. The van der Waals surface area contributed by atoms with Crippen LogP contribution in [0.1, 0.15) is 18.9 Å². The zero-order chi connectivity index (χ0) is 14.3. The zero-order valence-electron chi connectivity index (χ0n) is 12.0. The molecule has 5 nitrogen and oxygen atoms in total. The number of nitrogens with one attached hydrogen (secondary N) is 1. The molecule has 0 aliphatic rings. The van der Waals surface area contributed by atoms with Crippen LogP contribution in [0.15, 0.2) is 12.1 Å². The number of ether oxygens (including phenoxy) is 3. The van der Waals surface area contributed by atoms with Crippen LogP contribution in [0.4, 0.5) is 0 Å². The number of benzene rings is 1. The summed E-state index contributed by atoms with van der Waals surface area (Å²) in [7, 11) is 4.78. The molecule has 1 aromatic carbocycles. The highest BCUT2D eigenvalue weighted by atomic mass is 16.5. The van der Waals surface area contributed by atoms with Gasteiger partial charge < -0.3 is 24.6 Å². The molecular weight excluding hydrogens is 246 g/mol. The molecule has 1 aromatic rings. The van der Waals surface area contributed by atoms with Gasteiger partial charge in [0.15, 0.2) is 11.5 Å². The number of hydrogen-bond donors (Lipinski definition) is 2. The first kappa shape index (κ1) is 15.6. The minimum Gasteiger partial charge on any atom is -0.493 e. The van der Waals surface area contributed by atoms with Gasteiger partial charge in [-0.3, -0.25) is 0 Å². The lowest BCUT2D eigenvalue weighted by molar-refractivity contribution is 0.237. The van der Waals surface area contributed by atoms with Crippen LogP contribution in [-0.2, 0) is 6.54 Å². The molecule has 0 radical (unpaired) electrons. The van der Waals surface area contributed by atoms with E-state index in [4.69, 9.17) is 14.2 Å². The SMILES string of the molecule is CC[C@H](CO)NCc1ccc(OC)c(OC)c1OC. The number of methoxy groups -OCH3 is 3. The van der Waals surface area contributed by atoms with E-state index in [0.29, 0.717) is 23.8 Å². The maximum Gasteiger partial charge on any atom is 0.203 e. The first-order valence-corrected chi connectivity index (χ1v) is 6.33. The Morgan fingerprint density at radius 3 is 2.26 bits per heavy atom. The van der Waals surface area contributed by atoms with E-state index < -0.39 is 0 Å². The van der Waals surface area contributed by atoms with Gasteiger partial charge in [0.1, 0.15) is 0 Å². The van der Waals surface area contributed by atoms with Crippen LogP contribution >= 0.6 is 0 Å². The Kier molecular flexibility index (Phi) is 6.45. The maximum atomic E-state index is 9.18. The maximum absolute atomic E-state index is 9.18. The van der Waals surface area contributed by atoms with Gasteiger partial charge in [-0.1, -0.05) is 13.0 Å². The molecule has 5 heteroatoms. The highest BCUT2D eigenvalue weighted by molar-refractivity contribution is 5.55. The molecule has 0 bridgehead atoms. The summed E-state index contributed by atoms with van der Waals surface area (Å²) >= 11 is 0. The van der Waals surface area contributed by atoms with Crippen LogP contribution in [-0.4, -0.2) is 39.1 Å². The monoisotopic (exact) mass is 269 g/mol. The molecule has 1 rings (SSSR count). The van der Waals surface area contributed by atoms with Crippen molar-refractivity contribution < 1.29 is 19.3 Å². The summed E-state index contributed by atoms with van der Waals surface area (Å²) in [4.78, 5) is 0. The molecule has 0 heterocycles. The fourth-order valence-electron chi connectivity index (χ4n) is 1.89. The minimum absolute atomic E-state index is 0.0813. The van der Waals surface area contributed by atoms with Crippen LogP contribution in [0.2, 0.25) is 0 Å². The van der Waals surface area contributed by atoms with Crippen molar-refractivity contribution in [2.24, 2.45) is 0 Å². The summed E-state index contributed by atoms with van der Waals surface area (Å²) in [5.41, 5.74) is 0.965. The van der Waals surface area contributed by atoms with Gasteiger partial charge in [-0.25, -0.2) is 0 Å². The van der Waals surface area contributed by atoms with Gasteiger partial charge in [-0.2, -0.15) is 0 Å². The quantitative estimate of drug-likeness (QED) is 0.750. The van der Waals surface area contributed by atoms with Gasteiger partial charge in [0.25, 0.3) is 0 Å². The second-order valence-electron chi connectivity index (χ2n) is 4.16. The third-order valence-electron chi connectivity index (χ3n) is 3.08. The molecule has 108 valence electrons.